The average Bonchev–Trinajstić information content (AvgIpc) is 3.43. The number of nitrogens with zero attached hydrogens (tertiary/aromatic N) is 2. The van der Waals surface area contributed by atoms with Gasteiger partial charge in [0.1, 0.15) is 6.04 Å². The van der Waals surface area contributed by atoms with Crippen LogP contribution in [0.2, 0.25) is 0 Å². The highest BCUT2D eigenvalue weighted by Crippen LogP contribution is 2.33. The van der Waals surface area contributed by atoms with E-state index in [1.54, 1.807) is 0 Å². The quantitative estimate of drug-likeness (QED) is 0.818. The minimum atomic E-state index is -0.204. The number of fused-ring (bicyclic) bond motifs is 1. The number of piperazine rings is 1. The first kappa shape index (κ1) is 18.5. The summed E-state index contributed by atoms with van der Waals surface area (Å²) in [5, 5.41) is 3.20. The summed E-state index contributed by atoms with van der Waals surface area (Å²) in [4.78, 5) is 17.7. The summed E-state index contributed by atoms with van der Waals surface area (Å²) in [6, 6.07) is 16.5. The van der Waals surface area contributed by atoms with Crippen LogP contribution in [-0.2, 0) is 11.3 Å². The molecule has 2 aliphatic heterocycles. The minimum absolute atomic E-state index is 0.142. The van der Waals surface area contributed by atoms with Crippen molar-refractivity contribution in [3.05, 3.63) is 59.7 Å². The molecule has 0 spiro atoms. The maximum absolute atomic E-state index is 13.0. The third-order valence-corrected chi connectivity index (χ3v) is 5.90. The number of amides is 1. The van der Waals surface area contributed by atoms with Crippen LogP contribution in [-0.4, -0.2) is 54.7 Å². The van der Waals surface area contributed by atoms with Crippen molar-refractivity contribution in [2.75, 3.05) is 33.0 Å². The van der Waals surface area contributed by atoms with Crippen LogP contribution in [0.5, 0.6) is 11.5 Å². The van der Waals surface area contributed by atoms with Crippen molar-refractivity contribution in [3.8, 4) is 11.5 Å². The molecule has 6 heteroatoms. The Balaban J connectivity index is 1.23. The predicted molar refractivity (Wildman–Crippen MR) is 110 cm³/mol. The lowest BCUT2D eigenvalue weighted by Crippen LogP contribution is -2.50. The smallest absolute Gasteiger partial charge is 0.242 e. The second-order valence-corrected chi connectivity index (χ2v) is 8.10. The van der Waals surface area contributed by atoms with Crippen molar-refractivity contribution in [2.24, 2.45) is 0 Å². The number of hydrogen-bond acceptors (Lipinski definition) is 5. The molecule has 1 aliphatic carbocycles. The van der Waals surface area contributed by atoms with E-state index >= 15 is 0 Å². The zero-order valence-electron chi connectivity index (χ0n) is 16.5. The molecule has 1 amide bonds. The molecule has 5 rings (SSSR count). The van der Waals surface area contributed by atoms with E-state index in [-0.39, 0.29) is 11.9 Å². The van der Waals surface area contributed by atoms with Crippen LogP contribution >= 0.6 is 0 Å². The van der Waals surface area contributed by atoms with Gasteiger partial charge in [0.25, 0.3) is 0 Å². The number of carbonyl (C=O) groups is 1. The highest BCUT2D eigenvalue weighted by atomic mass is 16.7. The van der Waals surface area contributed by atoms with E-state index < -0.39 is 0 Å². The van der Waals surface area contributed by atoms with Crippen LogP contribution in [0.1, 0.15) is 30.0 Å². The molecule has 1 saturated carbocycles. The van der Waals surface area contributed by atoms with Crippen LogP contribution in [0, 0.1) is 0 Å². The number of ether oxygens (including phenoxy) is 2. The molecule has 0 bridgehead atoms. The molecule has 2 fully saturated rings. The fourth-order valence-corrected chi connectivity index (χ4v) is 4.15. The topological polar surface area (TPSA) is 54.0 Å². The van der Waals surface area contributed by atoms with Gasteiger partial charge in [0.2, 0.25) is 12.7 Å². The van der Waals surface area contributed by atoms with Crippen molar-refractivity contribution in [3.63, 3.8) is 0 Å². The van der Waals surface area contributed by atoms with Gasteiger partial charge in [0, 0.05) is 38.8 Å². The molecule has 2 aromatic rings. The molecule has 0 unspecified atom stereocenters. The second kappa shape index (κ2) is 8.05. The first-order chi connectivity index (χ1) is 14.3. The van der Waals surface area contributed by atoms with Crippen molar-refractivity contribution in [1.82, 2.24) is 15.1 Å². The predicted octanol–water partition coefficient (Wildman–Crippen LogP) is 2.55. The summed E-state index contributed by atoms with van der Waals surface area (Å²) in [5.41, 5.74) is 2.31. The Morgan fingerprint density at radius 3 is 2.52 bits per heavy atom. The molecule has 6 nitrogen and oxygen atoms in total. The van der Waals surface area contributed by atoms with Crippen molar-refractivity contribution in [1.29, 1.82) is 0 Å². The van der Waals surface area contributed by atoms with E-state index in [0.717, 1.165) is 62.6 Å². The summed E-state index contributed by atoms with van der Waals surface area (Å²) in [7, 11) is 0. The summed E-state index contributed by atoms with van der Waals surface area (Å²) in [6.07, 6.45) is 2.22. The summed E-state index contributed by atoms with van der Waals surface area (Å²) in [6.45, 7) is 4.82. The van der Waals surface area contributed by atoms with Crippen molar-refractivity contribution >= 4 is 5.91 Å². The number of benzene rings is 2. The van der Waals surface area contributed by atoms with Gasteiger partial charge >= 0.3 is 0 Å². The monoisotopic (exact) mass is 393 g/mol. The largest absolute Gasteiger partial charge is 0.454 e. The van der Waals surface area contributed by atoms with Gasteiger partial charge in [0.05, 0.1) is 0 Å². The molecular formula is C23H27N3O3. The van der Waals surface area contributed by atoms with Gasteiger partial charge < -0.3 is 14.8 Å². The number of carbonyl (C=O) groups excluding carboxylic acids is 1. The van der Waals surface area contributed by atoms with E-state index in [4.69, 9.17) is 9.47 Å². The fourth-order valence-electron chi connectivity index (χ4n) is 4.15. The molecule has 29 heavy (non-hydrogen) atoms. The molecule has 3 aliphatic rings. The lowest BCUT2D eigenvalue weighted by molar-refractivity contribution is -0.127. The highest BCUT2D eigenvalue weighted by Gasteiger charge is 2.33. The lowest BCUT2D eigenvalue weighted by Gasteiger charge is -2.39. The fraction of sp³-hybridized carbons (Fsp3) is 0.435. The Bertz CT molecular complexity index is 861. The van der Waals surface area contributed by atoms with Crippen LogP contribution in [0.25, 0.3) is 0 Å². The maximum Gasteiger partial charge on any atom is 0.242 e. The number of hydrogen-bond donors (Lipinski definition) is 1. The third kappa shape index (κ3) is 4.23. The molecule has 1 atom stereocenters. The number of rotatable bonds is 6. The molecule has 1 N–H and O–H groups in total. The first-order valence-electron chi connectivity index (χ1n) is 10.5. The Morgan fingerprint density at radius 2 is 1.76 bits per heavy atom. The van der Waals surface area contributed by atoms with Crippen molar-refractivity contribution in [2.45, 2.75) is 31.5 Å². The van der Waals surface area contributed by atoms with E-state index in [1.165, 1.54) is 5.56 Å². The molecule has 2 aromatic carbocycles. The normalized spacial score (nSPS) is 20.4. The first-order valence-corrected chi connectivity index (χ1v) is 10.5. The van der Waals surface area contributed by atoms with Gasteiger partial charge in [-0.1, -0.05) is 36.4 Å². The molecule has 0 aromatic heterocycles. The minimum Gasteiger partial charge on any atom is -0.454 e. The summed E-state index contributed by atoms with van der Waals surface area (Å²) < 4.78 is 10.9. The van der Waals surface area contributed by atoms with E-state index in [9.17, 15) is 4.79 Å². The van der Waals surface area contributed by atoms with Crippen LogP contribution in [0.15, 0.2) is 48.5 Å². The van der Waals surface area contributed by atoms with Crippen LogP contribution < -0.4 is 14.8 Å². The Hall–Kier alpha value is -2.57. The molecule has 152 valence electrons. The van der Waals surface area contributed by atoms with E-state index in [2.05, 4.69) is 39.4 Å². The van der Waals surface area contributed by atoms with Gasteiger partial charge in [0.15, 0.2) is 11.5 Å². The second-order valence-electron chi connectivity index (χ2n) is 8.10. The Kier molecular flexibility index (Phi) is 5.12. The van der Waals surface area contributed by atoms with Gasteiger partial charge in [-0.2, -0.15) is 0 Å². The summed E-state index contributed by atoms with van der Waals surface area (Å²) in [5.74, 6) is 1.80. The standard InChI is InChI=1S/C23H27N3O3/c27-23(24-19-7-8-19)22(18-4-2-1-3-5-18)26-12-10-25(11-13-26)15-17-6-9-20-21(14-17)29-16-28-20/h1-6,9,14,19,22H,7-8,10-13,15-16H2,(H,24,27)/t22-/m1/s1. The van der Waals surface area contributed by atoms with Crippen molar-refractivity contribution < 1.29 is 14.3 Å². The third-order valence-electron chi connectivity index (χ3n) is 5.90. The molecule has 1 saturated heterocycles. The van der Waals surface area contributed by atoms with Crippen LogP contribution in [0.3, 0.4) is 0 Å². The zero-order chi connectivity index (χ0) is 19.6. The number of nitrogens with one attached hydrogen (secondary N) is 1. The Morgan fingerprint density at radius 1 is 1.00 bits per heavy atom. The molecule has 0 radical (unpaired) electrons. The molecular weight excluding hydrogens is 366 g/mol. The molecule has 2 heterocycles. The van der Waals surface area contributed by atoms with Gasteiger partial charge in [-0.05, 0) is 36.1 Å². The van der Waals surface area contributed by atoms with Crippen LogP contribution in [0.4, 0.5) is 0 Å². The lowest BCUT2D eigenvalue weighted by atomic mass is 10.0. The SMILES string of the molecule is O=C(NC1CC1)[C@@H](c1ccccc1)N1CCN(Cc2ccc3c(c2)OCO3)CC1. The van der Waals surface area contributed by atoms with E-state index in [0.29, 0.717) is 12.8 Å². The Labute approximate surface area is 171 Å². The highest BCUT2D eigenvalue weighted by molar-refractivity contribution is 5.83. The van der Waals surface area contributed by atoms with Gasteiger partial charge in [-0.15, -0.1) is 0 Å². The van der Waals surface area contributed by atoms with E-state index in [1.807, 2.05) is 24.3 Å². The van der Waals surface area contributed by atoms with Gasteiger partial charge in [-0.3, -0.25) is 14.6 Å². The maximum atomic E-state index is 13.0. The zero-order valence-corrected chi connectivity index (χ0v) is 16.5. The van der Waals surface area contributed by atoms with Gasteiger partial charge in [-0.25, -0.2) is 0 Å². The summed E-state index contributed by atoms with van der Waals surface area (Å²) >= 11 is 0. The average molecular weight is 393 g/mol.